The van der Waals surface area contributed by atoms with Gasteiger partial charge in [-0.3, -0.25) is 0 Å². The number of nitrogens with zero attached hydrogens (tertiary/aromatic N) is 1. The van der Waals surface area contributed by atoms with E-state index < -0.39 is 0 Å². The maximum absolute atomic E-state index is 12.1. The molecule has 3 nitrogen and oxygen atoms in total. The summed E-state index contributed by atoms with van der Waals surface area (Å²) in [5.74, 6) is -0.179. The predicted molar refractivity (Wildman–Crippen MR) is 71.0 cm³/mol. The maximum atomic E-state index is 12.1. The quantitative estimate of drug-likeness (QED) is 0.759. The Morgan fingerprint density at radius 1 is 1.44 bits per heavy atom. The van der Waals surface area contributed by atoms with Crippen molar-refractivity contribution in [1.29, 1.82) is 0 Å². The fourth-order valence-corrected chi connectivity index (χ4v) is 2.86. The summed E-state index contributed by atoms with van der Waals surface area (Å²) in [4.78, 5) is 12.1. The van der Waals surface area contributed by atoms with Crippen LogP contribution in [0.15, 0.2) is 18.2 Å². The lowest BCUT2D eigenvalue weighted by Gasteiger charge is -2.02. The van der Waals surface area contributed by atoms with Gasteiger partial charge in [0, 0.05) is 23.1 Å². The number of rotatable bonds is 2. The van der Waals surface area contributed by atoms with Gasteiger partial charge in [0.05, 0.1) is 12.2 Å². The van der Waals surface area contributed by atoms with Gasteiger partial charge in [0.15, 0.2) is 0 Å². The molecule has 3 rings (SSSR count). The maximum Gasteiger partial charge on any atom is 0.340 e. The van der Waals surface area contributed by atoms with E-state index in [9.17, 15) is 4.79 Å². The molecule has 0 atom stereocenters. The first-order valence-electron chi connectivity index (χ1n) is 6.51. The molecule has 0 radical (unpaired) electrons. The molecule has 2 aromatic rings. The van der Waals surface area contributed by atoms with Crippen molar-refractivity contribution in [2.45, 2.75) is 33.2 Å². The first-order chi connectivity index (χ1) is 8.72. The number of aryl methyl sites for hydroxylation is 2. The summed E-state index contributed by atoms with van der Waals surface area (Å²) in [5, 5.41) is 1.04. The second kappa shape index (κ2) is 4.16. The molecule has 94 valence electrons. The Kier molecular flexibility index (Phi) is 2.62. The largest absolute Gasteiger partial charge is 0.462 e. The van der Waals surface area contributed by atoms with Crippen LogP contribution in [0.4, 0.5) is 0 Å². The number of hydrogen-bond acceptors (Lipinski definition) is 2. The molecule has 2 heterocycles. The van der Waals surface area contributed by atoms with E-state index in [-0.39, 0.29) is 5.97 Å². The second-order valence-electron chi connectivity index (χ2n) is 4.82. The molecule has 0 saturated heterocycles. The van der Waals surface area contributed by atoms with E-state index in [1.807, 2.05) is 13.0 Å². The van der Waals surface area contributed by atoms with Gasteiger partial charge < -0.3 is 9.30 Å². The summed E-state index contributed by atoms with van der Waals surface area (Å²) in [6.07, 6.45) is 2.09. The van der Waals surface area contributed by atoms with Gasteiger partial charge in [-0.15, -0.1) is 0 Å². The van der Waals surface area contributed by atoms with E-state index in [0.29, 0.717) is 6.61 Å². The third-order valence-corrected chi connectivity index (χ3v) is 3.60. The number of carbonyl (C=O) groups excluding carboxylic acids is 1. The smallest absolute Gasteiger partial charge is 0.340 e. The van der Waals surface area contributed by atoms with Crippen LogP contribution >= 0.6 is 0 Å². The Labute approximate surface area is 106 Å². The van der Waals surface area contributed by atoms with Crippen molar-refractivity contribution in [3.05, 3.63) is 35.0 Å². The van der Waals surface area contributed by atoms with Gasteiger partial charge >= 0.3 is 5.97 Å². The highest BCUT2D eigenvalue weighted by Gasteiger charge is 2.25. The molecule has 1 aromatic carbocycles. The average Bonchev–Trinajstić information content (AvgIpc) is 2.89. The molecule has 0 N–H and O–H groups in total. The lowest BCUT2D eigenvalue weighted by Crippen LogP contribution is -2.06. The summed E-state index contributed by atoms with van der Waals surface area (Å²) in [5.41, 5.74) is 4.33. The zero-order valence-corrected chi connectivity index (χ0v) is 10.8. The summed E-state index contributed by atoms with van der Waals surface area (Å²) >= 11 is 0. The van der Waals surface area contributed by atoms with Crippen molar-refractivity contribution >= 4 is 16.9 Å². The highest BCUT2D eigenvalue weighted by Crippen LogP contribution is 2.32. The third-order valence-electron chi connectivity index (χ3n) is 3.60. The Hall–Kier alpha value is -1.77. The first kappa shape index (κ1) is 11.3. The van der Waals surface area contributed by atoms with Crippen LogP contribution < -0.4 is 0 Å². The molecule has 0 aliphatic carbocycles. The summed E-state index contributed by atoms with van der Waals surface area (Å²) in [7, 11) is 0. The lowest BCUT2D eigenvalue weighted by molar-refractivity contribution is 0.0527. The predicted octanol–water partition coefficient (Wildman–Crippen LogP) is 3.07. The van der Waals surface area contributed by atoms with Gasteiger partial charge in [0.25, 0.3) is 0 Å². The number of hydrogen-bond donors (Lipinski definition) is 0. The fraction of sp³-hybridized carbons (Fsp3) is 0.400. The van der Waals surface area contributed by atoms with E-state index in [0.717, 1.165) is 36.0 Å². The van der Waals surface area contributed by atoms with Crippen molar-refractivity contribution < 1.29 is 9.53 Å². The van der Waals surface area contributed by atoms with Gasteiger partial charge in [0.1, 0.15) is 0 Å². The van der Waals surface area contributed by atoms with Crippen molar-refractivity contribution in [2.24, 2.45) is 0 Å². The molecular formula is C15H17NO2. The van der Waals surface area contributed by atoms with Crippen LogP contribution in [-0.2, 0) is 17.7 Å². The standard InChI is InChI=1S/C15H17NO2/c1-3-18-15(17)14-11-7-6-10(2)9-13(11)16-8-4-5-12(14)16/h6-7,9H,3-5,8H2,1-2H3. The first-order valence-corrected chi connectivity index (χ1v) is 6.51. The van der Waals surface area contributed by atoms with E-state index in [4.69, 9.17) is 4.74 Å². The Balaban J connectivity index is 2.27. The second-order valence-corrected chi connectivity index (χ2v) is 4.82. The van der Waals surface area contributed by atoms with Crippen LogP contribution in [0.1, 0.15) is 35.0 Å². The minimum atomic E-state index is -0.179. The highest BCUT2D eigenvalue weighted by atomic mass is 16.5. The highest BCUT2D eigenvalue weighted by molar-refractivity contribution is 6.06. The van der Waals surface area contributed by atoms with Crippen LogP contribution in [0, 0.1) is 6.92 Å². The zero-order chi connectivity index (χ0) is 12.7. The SMILES string of the molecule is CCOC(=O)c1c2n(c3cc(C)ccc13)CCC2. The molecule has 0 unspecified atom stereocenters. The number of fused-ring (bicyclic) bond motifs is 3. The van der Waals surface area contributed by atoms with E-state index in [1.54, 1.807) is 0 Å². The molecule has 18 heavy (non-hydrogen) atoms. The number of esters is 1. The molecule has 0 bridgehead atoms. The average molecular weight is 243 g/mol. The van der Waals surface area contributed by atoms with Crippen LogP contribution in [0.3, 0.4) is 0 Å². The van der Waals surface area contributed by atoms with Crippen molar-refractivity contribution in [1.82, 2.24) is 4.57 Å². The summed E-state index contributed by atoms with van der Waals surface area (Å²) < 4.78 is 7.47. The van der Waals surface area contributed by atoms with Gasteiger partial charge in [0.2, 0.25) is 0 Å². The van der Waals surface area contributed by atoms with E-state index in [1.165, 1.54) is 11.1 Å². The Bertz CT molecular complexity index is 625. The topological polar surface area (TPSA) is 31.2 Å². The van der Waals surface area contributed by atoms with E-state index in [2.05, 4.69) is 23.6 Å². The molecule has 1 aliphatic rings. The zero-order valence-electron chi connectivity index (χ0n) is 10.8. The molecule has 3 heteroatoms. The number of carbonyl (C=O) groups is 1. The molecule has 0 amide bonds. The molecule has 0 fully saturated rings. The minimum Gasteiger partial charge on any atom is -0.462 e. The van der Waals surface area contributed by atoms with E-state index >= 15 is 0 Å². The molecular weight excluding hydrogens is 226 g/mol. The monoisotopic (exact) mass is 243 g/mol. The van der Waals surface area contributed by atoms with Gasteiger partial charge in [-0.25, -0.2) is 4.79 Å². The van der Waals surface area contributed by atoms with Crippen molar-refractivity contribution in [3.63, 3.8) is 0 Å². The van der Waals surface area contributed by atoms with Crippen molar-refractivity contribution in [2.75, 3.05) is 6.61 Å². The number of ether oxygens (including phenoxy) is 1. The van der Waals surface area contributed by atoms with Crippen molar-refractivity contribution in [3.8, 4) is 0 Å². The number of benzene rings is 1. The summed E-state index contributed by atoms with van der Waals surface area (Å²) in [6, 6.07) is 6.26. The molecule has 1 aromatic heterocycles. The Morgan fingerprint density at radius 3 is 3.06 bits per heavy atom. The van der Waals surface area contributed by atoms with Gasteiger partial charge in [-0.05, 0) is 38.3 Å². The van der Waals surface area contributed by atoms with Crippen LogP contribution in [0.25, 0.3) is 10.9 Å². The normalized spacial score (nSPS) is 13.9. The molecule has 0 saturated carbocycles. The fourth-order valence-electron chi connectivity index (χ4n) is 2.86. The molecule has 1 aliphatic heterocycles. The molecule has 0 spiro atoms. The Morgan fingerprint density at radius 2 is 2.28 bits per heavy atom. The minimum absolute atomic E-state index is 0.179. The van der Waals surface area contributed by atoms with Crippen LogP contribution in [0.5, 0.6) is 0 Å². The van der Waals surface area contributed by atoms with Gasteiger partial charge in [-0.1, -0.05) is 12.1 Å². The number of aromatic nitrogens is 1. The third kappa shape index (κ3) is 1.54. The lowest BCUT2D eigenvalue weighted by atomic mass is 10.1. The van der Waals surface area contributed by atoms with Gasteiger partial charge in [-0.2, -0.15) is 0 Å². The summed E-state index contributed by atoms with van der Waals surface area (Å²) in [6.45, 7) is 5.37. The van der Waals surface area contributed by atoms with Crippen LogP contribution in [-0.4, -0.2) is 17.1 Å². The van der Waals surface area contributed by atoms with Crippen LogP contribution in [0.2, 0.25) is 0 Å².